The Bertz CT molecular complexity index is 1960. The average molecular weight is 632 g/mol. The second-order valence-corrected chi connectivity index (χ2v) is 13.1. The maximum atomic E-state index is 17.0. The van der Waals surface area contributed by atoms with Gasteiger partial charge in [0.05, 0.1) is 23.8 Å². The Labute approximate surface area is 263 Å². The number of phenols is 1. The van der Waals surface area contributed by atoms with Gasteiger partial charge in [-0.15, -0.1) is 6.42 Å². The number of fused-ring (bicyclic) bond motifs is 2. The fraction of sp³-hybridized carbons (Fsp3) is 0.441. The van der Waals surface area contributed by atoms with E-state index in [1.807, 2.05) is 11.9 Å². The van der Waals surface area contributed by atoms with Gasteiger partial charge in [-0.2, -0.15) is 9.97 Å². The van der Waals surface area contributed by atoms with Crippen LogP contribution in [-0.4, -0.2) is 86.8 Å². The minimum Gasteiger partial charge on any atom is -0.508 e. The number of pyridine rings is 1. The maximum absolute atomic E-state index is 17.0. The number of terminal acetylenes is 1. The lowest BCUT2D eigenvalue weighted by Crippen LogP contribution is -2.59. The van der Waals surface area contributed by atoms with Gasteiger partial charge in [-0.1, -0.05) is 12.0 Å². The van der Waals surface area contributed by atoms with E-state index < -0.39 is 35.0 Å². The predicted octanol–water partition coefficient (Wildman–Crippen LogP) is 4.88. The van der Waals surface area contributed by atoms with E-state index in [1.54, 1.807) is 0 Å². The summed E-state index contributed by atoms with van der Waals surface area (Å²) in [6, 6.07) is 5.25. The van der Waals surface area contributed by atoms with Gasteiger partial charge in [0.15, 0.2) is 5.82 Å². The molecule has 2 N–H and O–H groups in total. The first-order chi connectivity index (χ1) is 22.1. The van der Waals surface area contributed by atoms with Crippen LogP contribution in [0, 0.1) is 24.0 Å². The van der Waals surface area contributed by atoms with Crippen molar-refractivity contribution in [2.75, 3.05) is 38.3 Å². The second kappa shape index (κ2) is 10.3. The van der Waals surface area contributed by atoms with Crippen molar-refractivity contribution >= 4 is 27.5 Å². The van der Waals surface area contributed by atoms with E-state index in [0.717, 1.165) is 19.4 Å². The quantitative estimate of drug-likeness (QED) is 0.305. The normalized spacial score (nSPS) is 27.3. The van der Waals surface area contributed by atoms with Crippen LogP contribution >= 0.6 is 0 Å². The summed E-state index contributed by atoms with van der Waals surface area (Å²) in [5.74, 6) is 1.01. The molecule has 5 heterocycles. The number of halogens is 3. The van der Waals surface area contributed by atoms with Crippen LogP contribution in [-0.2, 0) is 0 Å². The minimum absolute atomic E-state index is 0.0568. The van der Waals surface area contributed by atoms with Crippen LogP contribution in [0.5, 0.6) is 17.6 Å². The van der Waals surface area contributed by atoms with Crippen LogP contribution < -0.4 is 14.4 Å². The van der Waals surface area contributed by atoms with E-state index in [4.69, 9.17) is 20.9 Å². The summed E-state index contributed by atoms with van der Waals surface area (Å²) in [4.78, 5) is 17.9. The zero-order valence-corrected chi connectivity index (χ0v) is 25.2. The SMILES string of the molecule is C#Cc1c(F)ccc2cc(O)cc(-c3nc4c5c(nc(OC[C@@]67CCCN6C[C@H](F)C7)nc5c3F)N(C)C3(CCO4)CC(O)C3)c12. The number of hydrogen-bond acceptors (Lipinski definition) is 9. The number of alkyl halides is 1. The zero-order valence-electron chi connectivity index (χ0n) is 25.2. The molecule has 0 bridgehead atoms. The summed E-state index contributed by atoms with van der Waals surface area (Å²) in [5.41, 5.74) is -1.39. The van der Waals surface area contributed by atoms with E-state index in [9.17, 15) is 19.0 Å². The molecule has 8 rings (SSSR count). The van der Waals surface area contributed by atoms with Crippen molar-refractivity contribution in [3.05, 3.63) is 41.5 Å². The second-order valence-electron chi connectivity index (χ2n) is 13.1. The monoisotopic (exact) mass is 631 g/mol. The van der Waals surface area contributed by atoms with E-state index in [2.05, 4.69) is 20.8 Å². The molecule has 1 spiro atoms. The summed E-state index contributed by atoms with van der Waals surface area (Å²) in [5, 5.41) is 21.7. The molecule has 9 nitrogen and oxygen atoms in total. The topological polar surface area (TPSA) is 104 Å². The molecule has 3 fully saturated rings. The molecule has 0 radical (unpaired) electrons. The van der Waals surface area contributed by atoms with Gasteiger partial charge >= 0.3 is 6.01 Å². The Kier molecular flexibility index (Phi) is 6.54. The standard InChI is InChI=1S/C34H32F3N5O4/c1-3-22-24(36)6-5-18-11-20(43)12-23(25(18)22)28-27(37)29-26-30(41(2)33(14-21(44)15-33)8-10-45-31(26)38-28)40-32(39-29)46-17-34-7-4-9-42(34)16-19(35)13-34/h1,5-6,11-12,19,21,43-44H,4,7-10,13-17H2,2H3/t19-,21?,33?,34+/m1/s1. The highest BCUT2D eigenvalue weighted by atomic mass is 19.1. The van der Waals surface area contributed by atoms with Gasteiger partial charge in [0.1, 0.15) is 46.8 Å². The third-order valence-electron chi connectivity index (χ3n) is 10.5. The number of aliphatic hydroxyl groups excluding tert-OH is 1. The summed E-state index contributed by atoms with van der Waals surface area (Å²) in [6.07, 6.45) is 7.78. The van der Waals surface area contributed by atoms with E-state index in [-0.39, 0.29) is 64.0 Å². The molecule has 2 atom stereocenters. The Morgan fingerprint density at radius 2 is 1.96 bits per heavy atom. The molecule has 46 heavy (non-hydrogen) atoms. The molecule has 0 amide bonds. The molecule has 1 aliphatic carbocycles. The number of anilines is 1. The Balaban J connectivity index is 1.34. The molecule has 2 aromatic heterocycles. The summed E-state index contributed by atoms with van der Waals surface area (Å²) in [6.45, 7) is 1.49. The number of benzene rings is 2. The van der Waals surface area contributed by atoms with Crippen molar-refractivity contribution in [2.24, 2.45) is 0 Å². The van der Waals surface area contributed by atoms with Gasteiger partial charge < -0.3 is 24.6 Å². The summed E-state index contributed by atoms with van der Waals surface area (Å²) in [7, 11) is 1.84. The Morgan fingerprint density at radius 3 is 2.74 bits per heavy atom. The lowest BCUT2D eigenvalue weighted by molar-refractivity contribution is 0.00887. The van der Waals surface area contributed by atoms with E-state index >= 15 is 4.39 Å². The van der Waals surface area contributed by atoms with Crippen molar-refractivity contribution in [3.63, 3.8) is 0 Å². The van der Waals surface area contributed by atoms with Crippen molar-refractivity contribution in [2.45, 2.75) is 61.9 Å². The molecule has 2 aromatic carbocycles. The molecule has 4 aliphatic rings. The fourth-order valence-electron chi connectivity index (χ4n) is 8.12. The number of rotatable bonds is 4. The van der Waals surface area contributed by atoms with Crippen LogP contribution in [0.15, 0.2) is 24.3 Å². The van der Waals surface area contributed by atoms with E-state index in [0.29, 0.717) is 43.4 Å². The largest absolute Gasteiger partial charge is 0.508 e. The molecule has 2 saturated heterocycles. The number of nitrogens with zero attached hydrogens (tertiary/aromatic N) is 5. The van der Waals surface area contributed by atoms with Crippen LogP contribution in [0.3, 0.4) is 0 Å². The maximum Gasteiger partial charge on any atom is 0.319 e. The van der Waals surface area contributed by atoms with Gasteiger partial charge in [0.25, 0.3) is 0 Å². The summed E-state index contributed by atoms with van der Waals surface area (Å²) >= 11 is 0. The lowest BCUT2D eigenvalue weighted by atomic mass is 9.71. The predicted molar refractivity (Wildman–Crippen MR) is 165 cm³/mol. The molecule has 1 saturated carbocycles. The zero-order chi connectivity index (χ0) is 32.0. The highest BCUT2D eigenvalue weighted by molar-refractivity contribution is 6.04. The number of aromatic nitrogens is 3. The van der Waals surface area contributed by atoms with Gasteiger partial charge in [-0.25, -0.2) is 18.2 Å². The van der Waals surface area contributed by atoms with E-state index in [1.165, 1.54) is 24.3 Å². The summed E-state index contributed by atoms with van der Waals surface area (Å²) < 4.78 is 58.7. The fourth-order valence-corrected chi connectivity index (χ4v) is 8.12. The van der Waals surface area contributed by atoms with Gasteiger partial charge in [-0.3, -0.25) is 4.90 Å². The third kappa shape index (κ3) is 4.28. The average Bonchev–Trinajstić information content (AvgIpc) is 3.54. The van der Waals surface area contributed by atoms with Crippen molar-refractivity contribution in [1.29, 1.82) is 0 Å². The third-order valence-corrected chi connectivity index (χ3v) is 10.5. The first kappa shape index (κ1) is 29.1. The molecular weight excluding hydrogens is 599 g/mol. The van der Waals surface area contributed by atoms with Crippen molar-refractivity contribution in [3.8, 4) is 41.2 Å². The number of hydrogen-bond donors (Lipinski definition) is 2. The first-order valence-corrected chi connectivity index (χ1v) is 15.5. The highest BCUT2D eigenvalue weighted by Gasteiger charge is 2.50. The van der Waals surface area contributed by atoms with Gasteiger partial charge in [-0.05, 0) is 55.8 Å². The number of phenolic OH excluding ortho intramolecular Hbond substituents is 1. The molecular formula is C34H32F3N5O4. The molecule has 238 valence electrons. The van der Waals surface area contributed by atoms with Crippen LogP contribution in [0.4, 0.5) is 19.0 Å². The van der Waals surface area contributed by atoms with Gasteiger partial charge in [0, 0.05) is 42.9 Å². The minimum atomic E-state index is -0.952. The number of aromatic hydroxyl groups is 1. The number of ether oxygens (including phenoxy) is 2. The smallest absolute Gasteiger partial charge is 0.319 e. The van der Waals surface area contributed by atoms with Crippen LogP contribution in [0.25, 0.3) is 32.9 Å². The Morgan fingerprint density at radius 1 is 1.13 bits per heavy atom. The van der Waals surface area contributed by atoms with Gasteiger partial charge in [0.2, 0.25) is 5.88 Å². The molecule has 4 aromatic rings. The van der Waals surface area contributed by atoms with Crippen LogP contribution in [0.1, 0.15) is 44.1 Å². The molecule has 3 aliphatic heterocycles. The highest BCUT2D eigenvalue weighted by Crippen LogP contribution is 2.48. The van der Waals surface area contributed by atoms with Crippen molar-refractivity contribution in [1.82, 2.24) is 19.9 Å². The van der Waals surface area contributed by atoms with Crippen molar-refractivity contribution < 1.29 is 32.9 Å². The molecule has 0 unspecified atom stereocenters. The van der Waals surface area contributed by atoms with Crippen LogP contribution in [0.2, 0.25) is 0 Å². The Hall–Kier alpha value is -4.34. The first-order valence-electron chi connectivity index (χ1n) is 15.5. The lowest BCUT2D eigenvalue weighted by Gasteiger charge is -2.52. The molecule has 12 heteroatoms. The number of aliphatic hydroxyl groups is 1.